The Morgan fingerprint density at radius 1 is 1.30 bits per heavy atom. The first-order valence-electron chi connectivity index (χ1n) is 6.86. The minimum absolute atomic E-state index is 0.268. The Bertz CT molecular complexity index is 461. The van der Waals surface area contributed by atoms with Crippen molar-refractivity contribution in [2.45, 2.75) is 25.8 Å². The van der Waals surface area contributed by atoms with Gasteiger partial charge >= 0.3 is 0 Å². The van der Waals surface area contributed by atoms with E-state index in [1.165, 1.54) is 12.8 Å². The number of benzene rings is 1. The Balaban J connectivity index is 1.94. The van der Waals surface area contributed by atoms with E-state index in [9.17, 15) is 0 Å². The number of hydrogen-bond donors (Lipinski definition) is 2. The molecule has 0 amide bonds. The summed E-state index contributed by atoms with van der Waals surface area (Å²) in [5.41, 5.74) is 1.38. The third-order valence-corrected chi connectivity index (χ3v) is 4.20. The van der Waals surface area contributed by atoms with E-state index in [-0.39, 0.29) is 6.61 Å². The SMILES string of the molecule is COc1cc(CNCC2(CCO)CC2)cc(Cl)c1OC. The van der Waals surface area contributed by atoms with Crippen molar-refractivity contribution in [3.63, 3.8) is 0 Å². The highest BCUT2D eigenvalue weighted by Crippen LogP contribution is 2.48. The Labute approximate surface area is 125 Å². The third kappa shape index (κ3) is 3.57. The van der Waals surface area contributed by atoms with Gasteiger partial charge in [-0.1, -0.05) is 11.6 Å². The van der Waals surface area contributed by atoms with Crippen molar-refractivity contribution < 1.29 is 14.6 Å². The molecule has 0 saturated heterocycles. The summed E-state index contributed by atoms with van der Waals surface area (Å²) in [6.07, 6.45) is 3.28. The van der Waals surface area contributed by atoms with Crippen LogP contribution in [0.5, 0.6) is 11.5 Å². The van der Waals surface area contributed by atoms with Crippen molar-refractivity contribution in [3.8, 4) is 11.5 Å². The zero-order valence-electron chi connectivity index (χ0n) is 12.0. The maximum absolute atomic E-state index is 9.04. The number of rotatable bonds is 8. The average Bonchev–Trinajstić information content (AvgIpc) is 3.18. The summed E-state index contributed by atoms with van der Waals surface area (Å²) in [6, 6.07) is 3.82. The number of aliphatic hydroxyl groups excluding tert-OH is 1. The minimum Gasteiger partial charge on any atom is -0.493 e. The topological polar surface area (TPSA) is 50.7 Å². The molecule has 0 spiro atoms. The smallest absolute Gasteiger partial charge is 0.179 e. The van der Waals surface area contributed by atoms with E-state index in [2.05, 4.69) is 5.32 Å². The fourth-order valence-electron chi connectivity index (χ4n) is 2.47. The molecule has 2 N–H and O–H groups in total. The standard InChI is InChI=1S/C15H22ClNO3/c1-19-13-8-11(7-12(16)14(13)20-2)9-17-10-15(3-4-15)5-6-18/h7-8,17-18H,3-6,9-10H2,1-2H3. The molecule has 1 aromatic carbocycles. The zero-order chi connectivity index (χ0) is 14.6. The molecule has 0 bridgehead atoms. The van der Waals surface area contributed by atoms with Crippen molar-refractivity contribution in [1.82, 2.24) is 5.32 Å². The van der Waals surface area contributed by atoms with Crippen LogP contribution in [0, 0.1) is 5.41 Å². The van der Waals surface area contributed by atoms with E-state index < -0.39 is 0 Å². The van der Waals surface area contributed by atoms with Crippen LogP contribution < -0.4 is 14.8 Å². The fraction of sp³-hybridized carbons (Fsp3) is 0.600. The zero-order valence-corrected chi connectivity index (χ0v) is 12.8. The average molecular weight is 300 g/mol. The van der Waals surface area contributed by atoms with Gasteiger partial charge in [-0.25, -0.2) is 0 Å². The molecule has 0 aliphatic heterocycles. The summed E-state index contributed by atoms with van der Waals surface area (Å²) in [5, 5.41) is 13.0. The van der Waals surface area contributed by atoms with E-state index in [1.54, 1.807) is 14.2 Å². The van der Waals surface area contributed by atoms with Crippen molar-refractivity contribution in [2.75, 3.05) is 27.4 Å². The maximum atomic E-state index is 9.04. The van der Waals surface area contributed by atoms with E-state index in [0.717, 1.165) is 25.1 Å². The first kappa shape index (κ1) is 15.4. The molecule has 1 fully saturated rings. The second-order valence-corrected chi connectivity index (χ2v) is 5.80. The van der Waals surface area contributed by atoms with Crippen molar-refractivity contribution >= 4 is 11.6 Å². The molecule has 2 rings (SSSR count). The Hall–Kier alpha value is -0.970. The summed E-state index contributed by atoms with van der Waals surface area (Å²) >= 11 is 6.18. The Morgan fingerprint density at radius 3 is 2.60 bits per heavy atom. The maximum Gasteiger partial charge on any atom is 0.179 e. The van der Waals surface area contributed by atoms with Gasteiger partial charge in [0, 0.05) is 19.7 Å². The molecular formula is C15H22ClNO3. The van der Waals surface area contributed by atoms with Crippen LogP contribution in [0.25, 0.3) is 0 Å². The molecule has 1 aromatic rings. The summed E-state index contributed by atoms with van der Waals surface area (Å²) in [6.45, 7) is 1.93. The quantitative estimate of drug-likeness (QED) is 0.775. The Morgan fingerprint density at radius 2 is 2.05 bits per heavy atom. The molecule has 5 heteroatoms. The van der Waals surface area contributed by atoms with Crippen LogP contribution in [0.3, 0.4) is 0 Å². The molecule has 4 nitrogen and oxygen atoms in total. The highest BCUT2D eigenvalue weighted by Gasteiger charge is 2.41. The molecule has 0 heterocycles. The lowest BCUT2D eigenvalue weighted by molar-refractivity contribution is 0.245. The fourth-order valence-corrected chi connectivity index (χ4v) is 2.78. The van der Waals surface area contributed by atoms with Crippen molar-refractivity contribution in [3.05, 3.63) is 22.7 Å². The van der Waals surface area contributed by atoms with E-state index in [1.807, 2.05) is 12.1 Å². The van der Waals surface area contributed by atoms with Crippen molar-refractivity contribution in [2.24, 2.45) is 5.41 Å². The summed E-state index contributed by atoms with van der Waals surface area (Å²) in [4.78, 5) is 0. The van der Waals surface area contributed by atoms with Gasteiger partial charge in [0.25, 0.3) is 0 Å². The Kier molecular flexibility index (Phi) is 5.13. The predicted molar refractivity (Wildman–Crippen MR) is 79.6 cm³/mol. The number of nitrogens with one attached hydrogen (secondary N) is 1. The lowest BCUT2D eigenvalue weighted by Crippen LogP contribution is -2.24. The second kappa shape index (κ2) is 6.66. The van der Waals surface area contributed by atoms with Gasteiger partial charge in [0.2, 0.25) is 0 Å². The van der Waals surface area contributed by atoms with E-state index >= 15 is 0 Å². The molecule has 0 radical (unpaired) electrons. The predicted octanol–water partition coefficient (Wildman–Crippen LogP) is 2.61. The molecule has 112 valence electrons. The molecular weight excluding hydrogens is 278 g/mol. The molecule has 0 aromatic heterocycles. The number of hydrogen-bond acceptors (Lipinski definition) is 4. The van der Waals surface area contributed by atoms with E-state index in [4.69, 9.17) is 26.2 Å². The molecule has 1 aliphatic carbocycles. The van der Waals surface area contributed by atoms with Crippen LogP contribution in [0.2, 0.25) is 5.02 Å². The largest absolute Gasteiger partial charge is 0.493 e. The van der Waals surface area contributed by atoms with Crippen LogP contribution in [0.15, 0.2) is 12.1 Å². The number of halogens is 1. The first-order chi connectivity index (χ1) is 9.64. The van der Waals surface area contributed by atoms with Gasteiger partial charge in [0.05, 0.1) is 19.2 Å². The normalized spacial score (nSPS) is 16.0. The van der Waals surface area contributed by atoms with Gasteiger partial charge in [-0.2, -0.15) is 0 Å². The molecule has 1 saturated carbocycles. The molecule has 20 heavy (non-hydrogen) atoms. The summed E-state index contributed by atoms with van der Waals surface area (Å²) in [5.74, 6) is 1.21. The number of ether oxygens (including phenoxy) is 2. The lowest BCUT2D eigenvalue weighted by atomic mass is 10.0. The number of methoxy groups -OCH3 is 2. The first-order valence-corrected chi connectivity index (χ1v) is 7.24. The molecule has 0 atom stereocenters. The minimum atomic E-state index is 0.268. The molecule has 1 aliphatic rings. The monoisotopic (exact) mass is 299 g/mol. The second-order valence-electron chi connectivity index (χ2n) is 5.39. The van der Waals surface area contributed by atoms with Gasteiger partial charge in [0.1, 0.15) is 0 Å². The highest BCUT2D eigenvalue weighted by atomic mass is 35.5. The van der Waals surface area contributed by atoms with Crippen LogP contribution in [0.1, 0.15) is 24.8 Å². The third-order valence-electron chi connectivity index (χ3n) is 3.92. The van der Waals surface area contributed by atoms with Crippen LogP contribution in [-0.2, 0) is 6.54 Å². The summed E-state index contributed by atoms with van der Waals surface area (Å²) < 4.78 is 10.5. The molecule has 0 unspecified atom stereocenters. The van der Waals surface area contributed by atoms with Crippen LogP contribution in [0.4, 0.5) is 0 Å². The highest BCUT2D eigenvalue weighted by molar-refractivity contribution is 6.32. The number of aliphatic hydroxyl groups is 1. The van der Waals surface area contributed by atoms with Crippen molar-refractivity contribution in [1.29, 1.82) is 0 Å². The van der Waals surface area contributed by atoms with Crippen LogP contribution >= 0.6 is 11.6 Å². The summed E-state index contributed by atoms with van der Waals surface area (Å²) in [7, 11) is 3.18. The van der Waals surface area contributed by atoms with Gasteiger partial charge in [-0.15, -0.1) is 0 Å². The lowest BCUT2D eigenvalue weighted by Gasteiger charge is -2.16. The van der Waals surface area contributed by atoms with Gasteiger partial charge in [-0.05, 0) is 42.4 Å². The van der Waals surface area contributed by atoms with E-state index in [0.29, 0.717) is 21.9 Å². The van der Waals surface area contributed by atoms with Crippen LogP contribution in [-0.4, -0.2) is 32.5 Å². The van der Waals surface area contributed by atoms with Gasteiger partial charge < -0.3 is 19.9 Å². The van der Waals surface area contributed by atoms with Gasteiger partial charge in [-0.3, -0.25) is 0 Å². The van der Waals surface area contributed by atoms with Gasteiger partial charge in [0.15, 0.2) is 11.5 Å².